The maximum Gasteiger partial charge on any atom is 0.290 e. The molecule has 1 N–H and O–H groups in total. The fourth-order valence-electron chi connectivity index (χ4n) is 1.78. The van der Waals surface area contributed by atoms with Gasteiger partial charge in [-0.25, -0.2) is 4.98 Å². The summed E-state index contributed by atoms with van der Waals surface area (Å²) in [5.41, 5.74) is -0.105. The molecule has 2 unspecified atom stereocenters. The molecule has 1 aliphatic heterocycles. The number of hydrogen-bond acceptors (Lipinski definition) is 3. The van der Waals surface area contributed by atoms with E-state index in [2.05, 4.69) is 32.8 Å². The molecule has 1 aromatic rings. The second kappa shape index (κ2) is 4.35. The van der Waals surface area contributed by atoms with Gasteiger partial charge in [0.1, 0.15) is 0 Å². The smallest absolute Gasteiger partial charge is 0.290 e. The summed E-state index contributed by atoms with van der Waals surface area (Å²) in [6.07, 6.45) is 4.27. The number of H-pyrrole nitrogens is 1. The van der Waals surface area contributed by atoms with Gasteiger partial charge in [0.2, 0.25) is 0 Å². The van der Waals surface area contributed by atoms with E-state index in [1.165, 1.54) is 0 Å². The summed E-state index contributed by atoms with van der Waals surface area (Å²) in [4.78, 5) is 20.8. The molecule has 0 aromatic carbocycles. The topological polar surface area (TPSA) is 49.0 Å². The molecule has 82 valence electrons. The van der Waals surface area contributed by atoms with Gasteiger partial charge in [0.25, 0.3) is 5.56 Å². The molecular weight excluding hydrogens is 258 g/mol. The first-order valence-corrected chi connectivity index (χ1v) is 6.03. The molecule has 0 radical (unpaired) electrons. The fourth-order valence-corrected chi connectivity index (χ4v) is 2.40. The maximum absolute atomic E-state index is 11.5. The van der Waals surface area contributed by atoms with Crippen LogP contribution in [-0.2, 0) is 0 Å². The Bertz CT molecular complexity index is 392. The molecule has 1 fully saturated rings. The minimum Gasteiger partial charge on any atom is -0.351 e. The van der Waals surface area contributed by atoms with Crippen molar-refractivity contribution in [3.8, 4) is 0 Å². The zero-order valence-electron chi connectivity index (χ0n) is 8.61. The number of aromatic amines is 1. The van der Waals surface area contributed by atoms with Crippen molar-refractivity contribution in [1.82, 2.24) is 9.97 Å². The van der Waals surface area contributed by atoms with Crippen LogP contribution < -0.4 is 10.5 Å². The van der Waals surface area contributed by atoms with Crippen molar-refractivity contribution in [1.29, 1.82) is 0 Å². The van der Waals surface area contributed by atoms with Crippen molar-refractivity contribution < 1.29 is 0 Å². The summed E-state index contributed by atoms with van der Waals surface area (Å²) in [6.45, 7) is 3.98. The highest BCUT2D eigenvalue weighted by molar-refractivity contribution is 9.09. The minimum atomic E-state index is -0.105. The predicted octanol–water partition coefficient (Wildman–Crippen LogP) is 1.38. The molecule has 4 nitrogen and oxygen atoms in total. The molecule has 2 atom stereocenters. The van der Waals surface area contributed by atoms with E-state index in [1.54, 1.807) is 12.4 Å². The molecule has 0 spiro atoms. The zero-order valence-corrected chi connectivity index (χ0v) is 10.2. The van der Waals surface area contributed by atoms with Crippen LogP contribution in [0.15, 0.2) is 17.2 Å². The Hall–Kier alpha value is -0.840. The van der Waals surface area contributed by atoms with Gasteiger partial charge in [-0.2, -0.15) is 0 Å². The second-order valence-corrected chi connectivity index (χ2v) is 5.15. The monoisotopic (exact) mass is 271 g/mol. The van der Waals surface area contributed by atoms with Crippen molar-refractivity contribution >= 4 is 21.7 Å². The van der Waals surface area contributed by atoms with Crippen LogP contribution in [0, 0.1) is 5.92 Å². The summed E-state index contributed by atoms with van der Waals surface area (Å²) in [5, 5.41) is 0. The van der Waals surface area contributed by atoms with Gasteiger partial charge < -0.3 is 9.88 Å². The molecule has 15 heavy (non-hydrogen) atoms. The summed E-state index contributed by atoms with van der Waals surface area (Å²) in [6, 6.07) is 0. The lowest BCUT2D eigenvalue weighted by Gasteiger charge is -2.34. The number of nitrogens with zero attached hydrogens (tertiary/aromatic N) is 2. The average Bonchev–Trinajstić information content (AvgIpc) is 2.23. The Labute approximate surface area is 96.8 Å². The van der Waals surface area contributed by atoms with E-state index >= 15 is 0 Å². The summed E-state index contributed by atoms with van der Waals surface area (Å²) in [5.74, 6) is 1.19. The second-order valence-electron chi connectivity index (χ2n) is 3.97. The van der Waals surface area contributed by atoms with E-state index in [-0.39, 0.29) is 5.56 Å². The van der Waals surface area contributed by atoms with Gasteiger partial charge in [0, 0.05) is 30.3 Å². The van der Waals surface area contributed by atoms with Crippen LogP contribution >= 0.6 is 15.9 Å². The SMILES string of the molecule is CC1CCN(c2ncc[nH]c2=O)CC1Br. The number of piperidine rings is 1. The molecule has 0 amide bonds. The van der Waals surface area contributed by atoms with Crippen LogP contribution in [0.5, 0.6) is 0 Å². The van der Waals surface area contributed by atoms with Crippen molar-refractivity contribution in [3.05, 3.63) is 22.7 Å². The molecular formula is C10H14BrN3O. The van der Waals surface area contributed by atoms with E-state index in [1.807, 2.05) is 4.90 Å². The van der Waals surface area contributed by atoms with Crippen molar-refractivity contribution in [2.24, 2.45) is 5.92 Å². The first-order chi connectivity index (χ1) is 7.18. The van der Waals surface area contributed by atoms with Gasteiger partial charge in [0.05, 0.1) is 0 Å². The Kier molecular flexibility index (Phi) is 3.09. The minimum absolute atomic E-state index is 0.105. The Morgan fingerprint density at radius 1 is 1.67 bits per heavy atom. The van der Waals surface area contributed by atoms with Gasteiger partial charge in [-0.1, -0.05) is 22.9 Å². The van der Waals surface area contributed by atoms with Crippen LogP contribution in [-0.4, -0.2) is 27.9 Å². The van der Waals surface area contributed by atoms with Crippen molar-refractivity contribution in [2.75, 3.05) is 18.0 Å². The number of alkyl halides is 1. The molecule has 0 saturated carbocycles. The number of halogens is 1. The predicted molar refractivity (Wildman–Crippen MR) is 63.6 cm³/mol. The fraction of sp³-hybridized carbons (Fsp3) is 0.600. The van der Waals surface area contributed by atoms with Gasteiger partial charge in [0.15, 0.2) is 5.82 Å². The normalized spacial score (nSPS) is 26.7. The standard InChI is InChI=1S/C10H14BrN3O/c1-7-2-5-14(6-8(7)11)9-10(15)13-4-3-12-9/h3-4,7-8H,2,5-6H2,1H3,(H,13,15). The highest BCUT2D eigenvalue weighted by Gasteiger charge is 2.25. The van der Waals surface area contributed by atoms with E-state index in [0.29, 0.717) is 16.6 Å². The molecule has 1 aliphatic rings. The molecule has 1 saturated heterocycles. The molecule has 2 rings (SSSR count). The van der Waals surface area contributed by atoms with Crippen molar-refractivity contribution in [3.63, 3.8) is 0 Å². The van der Waals surface area contributed by atoms with Gasteiger partial charge >= 0.3 is 0 Å². The number of rotatable bonds is 1. The Balaban J connectivity index is 2.19. The van der Waals surface area contributed by atoms with Gasteiger partial charge in [-0.05, 0) is 12.3 Å². The van der Waals surface area contributed by atoms with Crippen LogP contribution in [0.3, 0.4) is 0 Å². The quantitative estimate of drug-likeness (QED) is 0.786. The van der Waals surface area contributed by atoms with E-state index in [9.17, 15) is 4.79 Å². The highest BCUT2D eigenvalue weighted by Crippen LogP contribution is 2.24. The summed E-state index contributed by atoms with van der Waals surface area (Å²) in [7, 11) is 0. The number of anilines is 1. The average molecular weight is 272 g/mol. The number of hydrogen-bond donors (Lipinski definition) is 1. The van der Waals surface area contributed by atoms with Crippen LogP contribution in [0.1, 0.15) is 13.3 Å². The maximum atomic E-state index is 11.5. The van der Waals surface area contributed by atoms with Crippen molar-refractivity contribution in [2.45, 2.75) is 18.2 Å². The van der Waals surface area contributed by atoms with Crippen LogP contribution in [0.2, 0.25) is 0 Å². The third-order valence-corrected chi connectivity index (χ3v) is 4.05. The van der Waals surface area contributed by atoms with Gasteiger partial charge in [-0.3, -0.25) is 4.79 Å². The number of nitrogens with one attached hydrogen (secondary N) is 1. The highest BCUT2D eigenvalue weighted by atomic mass is 79.9. The van der Waals surface area contributed by atoms with Gasteiger partial charge in [-0.15, -0.1) is 0 Å². The summed E-state index contributed by atoms with van der Waals surface area (Å²) >= 11 is 3.63. The number of aromatic nitrogens is 2. The zero-order chi connectivity index (χ0) is 10.8. The first-order valence-electron chi connectivity index (χ1n) is 5.11. The lowest BCUT2D eigenvalue weighted by Crippen LogP contribution is -2.42. The summed E-state index contributed by atoms with van der Waals surface area (Å²) < 4.78 is 0. The molecule has 0 bridgehead atoms. The van der Waals surface area contributed by atoms with Crippen LogP contribution in [0.4, 0.5) is 5.82 Å². The molecule has 1 aromatic heterocycles. The molecule has 0 aliphatic carbocycles. The lowest BCUT2D eigenvalue weighted by atomic mass is 9.99. The first kappa shape index (κ1) is 10.7. The van der Waals surface area contributed by atoms with E-state index in [4.69, 9.17) is 0 Å². The van der Waals surface area contributed by atoms with Crippen LogP contribution in [0.25, 0.3) is 0 Å². The van der Waals surface area contributed by atoms with E-state index in [0.717, 1.165) is 19.5 Å². The third kappa shape index (κ3) is 2.22. The lowest BCUT2D eigenvalue weighted by molar-refractivity contribution is 0.453. The largest absolute Gasteiger partial charge is 0.351 e. The Morgan fingerprint density at radius 3 is 3.13 bits per heavy atom. The molecule has 2 heterocycles. The van der Waals surface area contributed by atoms with E-state index < -0.39 is 0 Å². The molecule has 5 heteroatoms. The third-order valence-electron chi connectivity index (χ3n) is 2.86. The Morgan fingerprint density at radius 2 is 2.47 bits per heavy atom.